The number of rotatable bonds is 5. The largest absolute Gasteiger partial charge is 0.324 e. The average molecular weight is 272 g/mol. The summed E-state index contributed by atoms with van der Waals surface area (Å²) >= 11 is 3.15. The van der Waals surface area contributed by atoms with Gasteiger partial charge < -0.3 is 5.73 Å². The van der Waals surface area contributed by atoms with Crippen LogP contribution >= 0.6 is 15.9 Å². The highest BCUT2D eigenvalue weighted by Crippen LogP contribution is 2.22. The number of benzene rings is 1. The summed E-state index contributed by atoms with van der Waals surface area (Å²) in [6.45, 7) is 3.66. The second-order valence-corrected chi connectivity index (χ2v) is 4.35. The molecule has 0 spiro atoms. The maximum Gasteiger partial charge on any atom is 0.137 e. The topological polar surface area (TPSA) is 26.0 Å². The zero-order valence-electron chi connectivity index (χ0n) is 8.55. The summed E-state index contributed by atoms with van der Waals surface area (Å²) in [5, 5.41) is 0. The molecule has 0 heterocycles. The Morgan fingerprint density at radius 1 is 1.53 bits per heavy atom. The zero-order chi connectivity index (χ0) is 11.3. The molecule has 15 heavy (non-hydrogen) atoms. The maximum absolute atomic E-state index is 13.0. The molecule has 1 nitrogen and oxygen atoms in total. The summed E-state index contributed by atoms with van der Waals surface area (Å²) in [6.07, 6.45) is 4.76. The zero-order valence-corrected chi connectivity index (χ0v) is 10.1. The SMILES string of the molecule is C=CCCCC(N)c1ccc(F)c(Br)c1. The van der Waals surface area contributed by atoms with Gasteiger partial charge >= 0.3 is 0 Å². The molecular weight excluding hydrogens is 257 g/mol. The second kappa shape index (κ2) is 6.03. The van der Waals surface area contributed by atoms with Crippen molar-refractivity contribution in [3.05, 3.63) is 46.7 Å². The number of hydrogen-bond donors (Lipinski definition) is 1. The molecule has 0 radical (unpaired) electrons. The van der Waals surface area contributed by atoms with Crippen LogP contribution in [0.25, 0.3) is 0 Å². The average Bonchev–Trinajstić information content (AvgIpc) is 2.22. The van der Waals surface area contributed by atoms with Crippen molar-refractivity contribution in [2.45, 2.75) is 25.3 Å². The number of nitrogens with two attached hydrogens (primary N) is 1. The van der Waals surface area contributed by atoms with Gasteiger partial charge in [-0.15, -0.1) is 6.58 Å². The van der Waals surface area contributed by atoms with Crippen LogP contribution < -0.4 is 5.73 Å². The van der Waals surface area contributed by atoms with Gasteiger partial charge in [-0.1, -0.05) is 12.1 Å². The molecule has 1 atom stereocenters. The van der Waals surface area contributed by atoms with Crippen LogP contribution in [-0.2, 0) is 0 Å². The van der Waals surface area contributed by atoms with Gasteiger partial charge in [-0.2, -0.15) is 0 Å². The number of hydrogen-bond acceptors (Lipinski definition) is 1. The first-order valence-corrected chi connectivity index (χ1v) is 5.76. The van der Waals surface area contributed by atoms with Crippen LogP contribution in [0.2, 0.25) is 0 Å². The van der Waals surface area contributed by atoms with Gasteiger partial charge in [0.1, 0.15) is 5.82 Å². The summed E-state index contributed by atoms with van der Waals surface area (Å²) in [5.41, 5.74) is 6.94. The minimum Gasteiger partial charge on any atom is -0.324 e. The Balaban J connectivity index is 2.61. The molecule has 1 aromatic rings. The predicted octanol–water partition coefficient (Wildman–Crippen LogP) is 3.94. The van der Waals surface area contributed by atoms with Gasteiger partial charge in [0.2, 0.25) is 0 Å². The fourth-order valence-corrected chi connectivity index (χ4v) is 1.79. The highest BCUT2D eigenvalue weighted by atomic mass is 79.9. The molecule has 1 aromatic carbocycles. The standard InChI is InChI=1S/C12H15BrFN/c1-2-3-4-5-12(15)9-6-7-11(14)10(13)8-9/h2,6-8,12H,1,3-5,15H2. The molecule has 1 unspecified atom stereocenters. The lowest BCUT2D eigenvalue weighted by atomic mass is 10.0. The minimum absolute atomic E-state index is 0.0261. The van der Waals surface area contributed by atoms with Crippen molar-refractivity contribution in [2.75, 3.05) is 0 Å². The second-order valence-electron chi connectivity index (χ2n) is 3.50. The van der Waals surface area contributed by atoms with Gasteiger partial charge in [-0.3, -0.25) is 0 Å². The van der Waals surface area contributed by atoms with E-state index in [4.69, 9.17) is 5.73 Å². The quantitative estimate of drug-likeness (QED) is 0.637. The lowest BCUT2D eigenvalue weighted by Crippen LogP contribution is -2.10. The highest BCUT2D eigenvalue weighted by Gasteiger charge is 2.07. The number of halogens is 2. The van der Waals surface area contributed by atoms with Crippen molar-refractivity contribution in [1.29, 1.82) is 0 Å². The van der Waals surface area contributed by atoms with Gasteiger partial charge in [-0.05, 0) is 52.9 Å². The van der Waals surface area contributed by atoms with Crippen LogP contribution in [0.1, 0.15) is 30.9 Å². The van der Waals surface area contributed by atoms with Crippen LogP contribution in [0.15, 0.2) is 35.3 Å². The third kappa shape index (κ3) is 3.76. The van der Waals surface area contributed by atoms with E-state index in [1.165, 1.54) is 6.07 Å². The van der Waals surface area contributed by atoms with E-state index in [2.05, 4.69) is 22.5 Å². The van der Waals surface area contributed by atoms with Crippen molar-refractivity contribution in [3.8, 4) is 0 Å². The molecule has 82 valence electrons. The molecule has 0 bridgehead atoms. The third-order valence-corrected chi connectivity index (χ3v) is 2.90. The van der Waals surface area contributed by atoms with Crippen LogP contribution in [-0.4, -0.2) is 0 Å². The Morgan fingerprint density at radius 3 is 2.87 bits per heavy atom. The minimum atomic E-state index is -0.253. The van der Waals surface area contributed by atoms with Crippen LogP contribution in [0.5, 0.6) is 0 Å². The molecule has 2 N–H and O–H groups in total. The predicted molar refractivity (Wildman–Crippen MR) is 65.1 cm³/mol. The Morgan fingerprint density at radius 2 is 2.27 bits per heavy atom. The first-order chi connectivity index (χ1) is 7.15. The normalized spacial score (nSPS) is 12.5. The van der Waals surface area contributed by atoms with Crippen molar-refractivity contribution in [2.24, 2.45) is 5.73 Å². The van der Waals surface area contributed by atoms with Crippen LogP contribution in [0.3, 0.4) is 0 Å². The molecule has 0 saturated carbocycles. The molecule has 0 amide bonds. The van der Waals surface area contributed by atoms with E-state index in [9.17, 15) is 4.39 Å². The van der Waals surface area contributed by atoms with Gasteiger partial charge in [0, 0.05) is 6.04 Å². The van der Waals surface area contributed by atoms with E-state index in [1.807, 2.05) is 6.08 Å². The van der Waals surface area contributed by atoms with E-state index >= 15 is 0 Å². The molecule has 0 aromatic heterocycles. The van der Waals surface area contributed by atoms with E-state index in [-0.39, 0.29) is 11.9 Å². The molecule has 0 aliphatic heterocycles. The van der Waals surface area contributed by atoms with Crippen LogP contribution in [0, 0.1) is 5.82 Å². The Labute approximate surface area is 98.3 Å². The monoisotopic (exact) mass is 271 g/mol. The fourth-order valence-electron chi connectivity index (χ4n) is 1.39. The van der Waals surface area contributed by atoms with Gasteiger partial charge in [0.25, 0.3) is 0 Å². The summed E-state index contributed by atoms with van der Waals surface area (Å²) in [4.78, 5) is 0. The maximum atomic E-state index is 13.0. The fraction of sp³-hybridized carbons (Fsp3) is 0.333. The molecule has 0 saturated heterocycles. The van der Waals surface area contributed by atoms with E-state index in [1.54, 1.807) is 12.1 Å². The molecule has 0 aliphatic rings. The van der Waals surface area contributed by atoms with Gasteiger partial charge in [-0.25, -0.2) is 4.39 Å². The van der Waals surface area contributed by atoms with E-state index < -0.39 is 0 Å². The Bertz CT molecular complexity index is 338. The molecule has 3 heteroatoms. The van der Waals surface area contributed by atoms with Crippen LogP contribution in [0.4, 0.5) is 4.39 Å². The first-order valence-electron chi connectivity index (χ1n) is 4.96. The lowest BCUT2D eigenvalue weighted by Gasteiger charge is -2.11. The Kier molecular flexibility index (Phi) is 4.99. The number of unbranched alkanes of at least 4 members (excludes halogenated alkanes) is 1. The molecule has 0 aliphatic carbocycles. The third-order valence-electron chi connectivity index (χ3n) is 2.30. The molecule has 0 fully saturated rings. The Hall–Kier alpha value is -0.670. The van der Waals surface area contributed by atoms with Crippen molar-refractivity contribution >= 4 is 15.9 Å². The van der Waals surface area contributed by atoms with Crippen molar-refractivity contribution < 1.29 is 4.39 Å². The summed E-state index contributed by atoms with van der Waals surface area (Å²) < 4.78 is 13.4. The van der Waals surface area contributed by atoms with Crippen molar-refractivity contribution in [1.82, 2.24) is 0 Å². The molecule has 1 rings (SSSR count). The van der Waals surface area contributed by atoms with Crippen molar-refractivity contribution in [3.63, 3.8) is 0 Å². The number of allylic oxidation sites excluding steroid dienone is 1. The first kappa shape index (κ1) is 12.4. The van der Waals surface area contributed by atoms with E-state index in [0.29, 0.717) is 4.47 Å². The molecular formula is C12H15BrFN. The van der Waals surface area contributed by atoms with Gasteiger partial charge in [0.15, 0.2) is 0 Å². The summed E-state index contributed by atoms with van der Waals surface area (Å²) in [6, 6.07) is 4.89. The smallest absolute Gasteiger partial charge is 0.137 e. The lowest BCUT2D eigenvalue weighted by molar-refractivity contribution is 0.602. The summed E-state index contributed by atoms with van der Waals surface area (Å²) in [7, 11) is 0. The highest BCUT2D eigenvalue weighted by molar-refractivity contribution is 9.10. The van der Waals surface area contributed by atoms with Gasteiger partial charge in [0.05, 0.1) is 4.47 Å². The summed E-state index contributed by atoms with van der Waals surface area (Å²) in [5.74, 6) is -0.253. The van der Waals surface area contributed by atoms with E-state index in [0.717, 1.165) is 24.8 Å².